The van der Waals surface area contributed by atoms with Crippen LogP contribution in [0.25, 0.3) is 0 Å². The number of ether oxygens (including phenoxy) is 2. The standard InChI is InChI=1S/C22H27NO7/c1-5-29-21(27)14-9-15(22(28)30-6-2)11-16(10-14)23-19(24)17-7-12(3)13(4)8-18(17)20(25)26/h9-11,17-18H,5-8H2,1-4H3,(H,23,24)(H,25,26)/p-1/t17-,18-/m1/s1. The highest BCUT2D eigenvalue weighted by Gasteiger charge is 2.33. The summed E-state index contributed by atoms with van der Waals surface area (Å²) >= 11 is 0. The van der Waals surface area contributed by atoms with Crippen molar-refractivity contribution < 1.29 is 33.8 Å². The van der Waals surface area contributed by atoms with Gasteiger partial charge in [-0.3, -0.25) is 4.79 Å². The van der Waals surface area contributed by atoms with Gasteiger partial charge in [0.1, 0.15) is 0 Å². The molecule has 0 aromatic heterocycles. The lowest BCUT2D eigenvalue weighted by Gasteiger charge is -2.32. The molecule has 0 spiro atoms. The van der Waals surface area contributed by atoms with Gasteiger partial charge in [-0.15, -0.1) is 0 Å². The molecule has 1 amide bonds. The topological polar surface area (TPSA) is 122 Å². The molecule has 0 bridgehead atoms. The Kier molecular flexibility index (Phi) is 7.74. The summed E-state index contributed by atoms with van der Waals surface area (Å²) in [5.41, 5.74) is 2.21. The van der Waals surface area contributed by atoms with E-state index in [2.05, 4.69) is 5.32 Å². The highest BCUT2D eigenvalue weighted by Crippen LogP contribution is 2.34. The van der Waals surface area contributed by atoms with Gasteiger partial charge in [-0.1, -0.05) is 11.1 Å². The summed E-state index contributed by atoms with van der Waals surface area (Å²) in [6.07, 6.45) is 0.530. The van der Waals surface area contributed by atoms with Gasteiger partial charge in [0, 0.05) is 17.6 Å². The van der Waals surface area contributed by atoms with E-state index in [0.29, 0.717) is 6.42 Å². The van der Waals surface area contributed by atoms with Crippen LogP contribution in [0.15, 0.2) is 29.3 Å². The predicted molar refractivity (Wildman–Crippen MR) is 107 cm³/mol. The molecule has 0 fully saturated rings. The van der Waals surface area contributed by atoms with Crippen LogP contribution in [-0.4, -0.2) is 37.0 Å². The number of carbonyl (C=O) groups excluding carboxylic acids is 4. The van der Waals surface area contributed by atoms with E-state index in [9.17, 15) is 24.3 Å². The Labute approximate surface area is 175 Å². The lowest BCUT2D eigenvalue weighted by molar-refractivity contribution is -0.313. The van der Waals surface area contributed by atoms with Gasteiger partial charge in [0.05, 0.1) is 30.3 Å². The number of carboxylic acid groups (broad SMARTS) is 1. The molecule has 2 rings (SSSR count). The van der Waals surface area contributed by atoms with Gasteiger partial charge < -0.3 is 24.7 Å². The zero-order chi connectivity index (χ0) is 22.4. The smallest absolute Gasteiger partial charge is 0.338 e. The second-order valence-corrected chi connectivity index (χ2v) is 7.23. The van der Waals surface area contributed by atoms with E-state index in [0.717, 1.165) is 11.1 Å². The van der Waals surface area contributed by atoms with Crippen LogP contribution in [0.5, 0.6) is 0 Å². The van der Waals surface area contributed by atoms with Gasteiger partial charge in [0.25, 0.3) is 0 Å². The Hall–Kier alpha value is -3.16. The maximum atomic E-state index is 12.9. The Morgan fingerprint density at radius 3 is 1.80 bits per heavy atom. The molecule has 1 aromatic carbocycles. The first-order chi connectivity index (χ1) is 14.2. The van der Waals surface area contributed by atoms with Gasteiger partial charge in [-0.2, -0.15) is 0 Å². The molecular formula is C22H26NO7-. The summed E-state index contributed by atoms with van der Waals surface area (Å²) in [5.74, 6) is -4.89. The van der Waals surface area contributed by atoms with Crippen LogP contribution in [0.1, 0.15) is 61.3 Å². The van der Waals surface area contributed by atoms with Crippen molar-refractivity contribution >= 4 is 29.5 Å². The summed E-state index contributed by atoms with van der Waals surface area (Å²) < 4.78 is 9.95. The molecule has 0 radical (unpaired) electrons. The summed E-state index contributed by atoms with van der Waals surface area (Å²) in [7, 11) is 0. The first-order valence-corrected chi connectivity index (χ1v) is 9.84. The number of nitrogens with one attached hydrogen (secondary N) is 1. The fourth-order valence-corrected chi connectivity index (χ4v) is 3.42. The molecule has 30 heavy (non-hydrogen) atoms. The van der Waals surface area contributed by atoms with E-state index in [1.54, 1.807) is 13.8 Å². The van der Waals surface area contributed by atoms with Crippen LogP contribution in [0, 0.1) is 11.8 Å². The Bertz CT molecular complexity index is 851. The number of rotatable bonds is 7. The number of aliphatic carboxylic acids is 1. The quantitative estimate of drug-likeness (QED) is 0.533. The van der Waals surface area contributed by atoms with Crippen LogP contribution in [0.3, 0.4) is 0 Å². The van der Waals surface area contributed by atoms with E-state index in [-0.39, 0.29) is 36.4 Å². The third-order valence-electron chi connectivity index (χ3n) is 5.13. The van der Waals surface area contributed by atoms with Crippen LogP contribution in [-0.2, 0) is 19.1 Å². The average Bonchev–Trinajstić information content (AvgIpc) is 2.69. The minimum absolute atomic E-state index is 0.0738. The SMILES string of the molecule is CCOC(=O)c1cc(NC(=O)[C@@H]2CC(C)=C(C)C[C@H]2C(=O)[O-])cc(C(=O)OCC)c1. The molecule has 0 saturated carbocycles. The third kappa shape index (κ3) is 5.46. The van der Waals surface area contributed by atoms with Crippen molar-refractivity contribution in [1.29, 1.82) is 0 Å². The zero-order valence-corrected chi connectivity index (χ0v) is 17.6. The second-order valence-electron chi connectivity index (χ2n) is 7.23. The number of hydrogen-bond donors (Lipinski definition) is 1. The Balaban J connectivity index is 2.35. The molecule has 0 aliphatic heterocycles. The highest BCUT2D eigenvalue weighted by molar-refractivity contribution is 6.00. The minimum atomic E-state index is -1.28. The van der Waals surface area contributed by atoms with Gasteiger partial charge in [0.15, 0.2) is 0 Å². The number of carboxylic acids is 1. The normalized spacial score (nSPS) is 18.5. The average molecular weight is 416 g/mol. The van der Waals surface area contributed by atoms with Crippen molar-refractivity contribution in [2.75, 3.05) is 18.5 Å². The molecule has 1 aliphatic rings. The molecule has 1 aromatic rings. The lowest BCUT2D eigenvalue weighted by Crippen LogP contribution is -2.42. The van der Waals surface area contributed by atoms with E-state index in [1.807, 2.05) is 13.8 Å². The van der Waals surface area contributed by atoms with Crippen molar-refractivity contribution in [1.82, 2.24) is 0 Å². The van der Waals surface area contributed by atoms with Crippen LogP contribution in [0.2, 0.25) is 0 Å². The van der Waals surface area contributed by atoms with Gasteiger partial charge in [0.2, 0.25) is 5.91 Å². The van der Waals surface area contributed by atoms with Gasteiger partial charge >= 0.3 is 11.9 Å². The van der Waals surface area contributed by atoms with Crippen LogP contribution >= 0.6 is 0 Å². The first kappa shape index (κ1) is 23.1. The van der Waals surface area contributed by atoms with Gasteiger partial charge in [-0.05, 0) is 58.7 Å². The molecular weight excluding hydrogens is 390 g/mol. The molecule has 1 aliphatic carbocycles. The molecule has 0 unspecified atom stereocenters. The molecule has 1 N–H and O–H groups in total. The van der Waals surface area contributed by atoms with E-state index >= 15 is 0 Å². The number of esters is 2. The largest absolute Gasteiger partial charge is 0.550 e. The summed E-state index contributed by atoms with van der Waals surface area (Å²) in [6.45, 7) is 7.29. The zero-order valence-electron chi connectivity index (χ0n) is 17.6. The molecule has 162 valence electrons. The first-order valence-electron chi connectivity index (χ1n) is 9.84. The fourth-order valence-electron chi connectivity index (χ4n) is 3.42. The monoisotopic (exact) mass is 416 g/mol. The van der Waals surface area contributed by atoms with Crippen molar-refractivity contribution in [3.8, 4) is 0 Å². The molecule has 8 nitrogen and oxygen atoms in total. The third-order valence-corrected chi connectivity index (χ3v) is 5.13. The summed E-state index contributed by atoms with van der Waals surface area (Å²) in [6, 6.07) is 4.08. The second kappa shape index (κ2) is 10.0. The number of benzene rings is 1. The van der Waals surface area contributed by atoms with Crippen molar-refractivity contribution in [3.63, 3.8) is 0 Å². The summed E-state index contributed by atoms with van der Waals surface area (Å²) in [5, 5.41) is 14.2. The number of amides is 1. The van der Waals surface area contributed by atoms with Crippen LogP contribution < -0.4 is 10.4 Å². The van der Waals surface area contributed by atoms with E-state index < -0.39 is 35.7 Å². The van der Waals surface area contributed by atoms with Crippen molar-refractivity contribution in [2.24, 2.45) is 11.8 Å². The van der Waals surface area contributed by atoms with E-state index in [1.165, 1.54) is 18.2 Å². The van der Waals surface area contributed by atoms with Crippen molar-refractivity contribution in [2.45, 2.75) is 40.5 Å². The maximum Gasteiger partial charge on any atom is 0.338 e. The molecule has 0 heterocycles. The van der Waals surface area contributed by atoms with Gasteiger partial charge in [-0.25, -0.2) is 9.59 Å². The Morgan fingerprint density at radius 2 is 1.37 bits per heavy atom. The van der Waals surface area contributed by atoms with Crippen LogP contribution in [0.4, 0.5) is 5.69 Å². The van der Waals surface area contributed by atoms with Crippen molar-refractivity contribution in [3.05, 3.63) is 40.5 Å². The Morgan fingerprint density at radius 1 is 0.900 bits per heavy atom. The number of anilines is 1. The molecule has 8 heteroatoms. The number of carbonyl (C=O) groups is 4. The number of hydrogen-bond acceptors (Lipinski definition) is 7. The summed E-state index contributed by atoms with van der Waals surface area (Å²) in [4.78, 5) is 48.8. The molecule has 0 saturated heterocycles. The highest BCUT2D eigenvalue weighted by atomic mass is 16.5. The number of allylic oxidation sites excluding steroid dienone is 2. The lowest BCUT2D eigenvalue weighted by atomic mass is 9.76. The predicted octanol–water partition coefficient (Wildman–Crippen LogP) is 2.09. The molecule has 2 atom stereocenters. The fraction of sp³-hybridized carbons (Fsp3) is 0.455. The maximum absolute atomic E-state index is 12.9. The minimum Gasteiger partial charge on any atom is -0.550 e. The van der Waals surface area contributed by atoms with E-state index in [4.69, 9.17) is 9.47 Å².